The van der Waals surface area contributed by atoms with Gasteiger partial charge in [0.2, 0.25) is 0 Å². The van der Waals surface area contributed by atoms with Crippen LogP contribution in [0.1, 0.15) is 46.5 Å². The molecule has 0 bridgehead atoms. The minimum absolute atomic E-state index is 0.137. The van der Waals surface area contributed by atoms with Crippen molar-refractivity contribution in [2.75, 3.05) is 6.54 Å². The lowest BCUT2D eigenvalue weighted by atomic mass is 9.80. The van der Waals surface area contributed by atoms with Crippen molar-refractivity contribution in [1.29, 1.82) is 0 Å². The van der Waals surface area contributed by atoms with Gasteiger partial charge in [0, 0.05) is 0 Å². The zero-order valence-corrected chi connectivity index (χ0v) is 10.7. The number of rotatable bonds is 5. The lowest BCUT2D eigenvalue weighted by molar-refractivity contribution is -0.139. The highest BCUT2D eigenvalue weighted by Gasteiger charge is 2.45. The summed E-state index contributed by atoms with van der Waals surface area (Å²) in [7, 11) is 0. The summed E-state index contributed by atoms with van der Waals surface area (Å²) in [6, 6.07) is 0. The summed E-state index contributed by atoms with van der Waals surface area (Å²) in [5, 5.41) is 9.00. The summed E-state index contributed by atoms with van der Waals surface area (Å²) < 4.78 is 0. The van der Waals surface area contributed by atoms with E-state index < -0.39 is 5.97 Å². The molecule has 3 N–H and O–H groups in total. The Morgan fingerprint density at radius 1 is 1.50 bits per heavy atom. The van der Waals surface area contributed by atoms with Gasteiger partial charge in [-0.05, 0) is 42.6 Å². The molecule has 0 saturated heterocycles. The van der Waals surface area contributed by atoms with Gasteiger partial charge in [0.25, 0.3) is 0 Å². The highest BCUT2D eigenvalue weighted by molar-refractivity contribution is 5.67. The summed E-state index contributed by atoms with van der Waals surface area (Å²) >= 11 is 0. The summed E-state index contributed by atoms with van der Waals surface area (Å²) in [6.45, 7) is 7.19. The molecule has 0 aromatic heterocycles. The van der Waals surface area contributed by atoms with Crippen LogP contribution in [-0.2, 0) is 4.79 Å². The molecule has 1 aliphatic rings. The molecule has 1 rings (SSSR count). The number of carbonyl (C=O) groups is 1. The van der Waals surface area contributed by atoms with E-state index in [0.29, 0.717) is 24.3 Å². The topological polar surface area (TPSA) is 63.3 Å². The highest BCUT2D eigenvalue weighted by Crippen LogP contribution is 2.51. The number of aliphatic carboxylic acids is 1. The Labute approximate surface area is 98.4 Å². The Balaban J connectivity index is 2.80. The number of nitrogens with two attached hydrogens (primary N) is 1. The van der Waals surface area contributed by atoms with Crippen LogP contribution >= 0.6 is 0 Å². The van der Waals surface area contributed by atoms with E-state index in [1.165, 1.54) is 0 Å². The van der Waals surface area contributed by atoms with E-state index in [9.17, 15) is 4.79 Å². The lowest BCUT2D eigenvalue weighted by Crippen LogP contribution is -2.31. The van der Waals surface area contributed by atoms with E-state index in [2.05, 4.69) is 20.8 Å². The zero-order chi connectivity index (χ0) is 12.3. The van der Waals surface area contributed by atoms with Crippen LogP contribution in [0.2, 0.25) is 0 Å². The van der Waals surface area contributed by atoms with Gasteiger partial charge >= 0.3 is 5.97 Å². The number of carboxylic acids is 1. The van der Waals surface area contributed by atoms with Crippen LogP contribution in [0.15, 0.2) is 0 Å². The van der Waals surface area contributed by atoms with E-state index in [1.54, 1.807) is 0 Å². The predicted molar refractivity (Wildman–Crippen MR) is 65.1 cm³/mol. The summed E-state index contributed by atoms with van der Waals surface area (Å²) in [5.41, 5.74) is 5.70. The van der Waals surface area contributed by atoms with Crippen molar-refractivity contribution in [3.05, 3.63) is 0 Å². The largest absolute Gasteiger partial charge is 0.481 e. The fraction of sp³-hybridized carbons (Fsp3) is 0.923. The first-order valence-corrected chi connectivity index (χ1v) is 6.36. The molecular weight excluding hydrogens is 202 g/mol. The standard InChI is InChI=1S/C13H25NO2/c1-4-10-5-13(8-14,7-12(15)16)6-11(10)9(2)3/h9-11H,4-8,14H2,1-3H3,(H,15,16)/t10-,11+,13-/m0/s1. The monoisotopic (exact) mass is 227 g/mol. The first kappa shape index (κ1) is 13.5. The molecular formula is C13H25NO2. The minimum atomic E-state index is -0.704. The molecule has 3 nitrogen and oxygen atoms in total. The molecule has 16 heavy (non-hydrogen) atoms. The molecule has 0 spiro atoms. The third-order valence-electron chi connectivity index (χ3n) is 4.31. The quantitative estimate of drug-likeness (QED) is 0.758. The van der Waals surface area contributed by atoms with Gasteiger partial charge in [0.05, 0.1) is 6.42 Å². The Hall–Kier alpha value is -0.570. The van der Waals surface area contributed by atoms with Crippen molar-refractivity contribution in [1.82, 2.24) is 0 Å². The molecule has 94 valence electrons. The van der Waals surface area contributed by atoms with Gasteiger partial charge in [-0.1, -0.05) is 27.2 Å². The van der Waals surface area contributed by atoms with Gasteiger partial charge < -0.3 is 10.8 Å². The van der Waals surface area contributed by atoms with Crippen LogP contribution in [0.5, 0.6) is 0 Å². The molecule has 0 aromatic carbocycles. The summed E-state index contributed by atoms with van der Waals surface area (Å²) in [4.78, 5) is 10.9. The average molecular weight is 227 g/mol. The first-order chi connectivity index (χ1) is 7.44. The maximum Gasteiger partial charge on any atom is 0.303 e. The molecule has 1 aliphatic carbocycles. The van der Waals surface area contributed by atoms with Gasteiger partial charge in [-0.3, -0.25) is 4.79 Å². The number of hydrogen-bond donors (Lipinski definition) is 2. The highest BCUT2D eigenvalue weighted by atomic mass is 16.4. The SMILES string of the molecule is CC[C@H]1C[C@@](CN)(CC(=O)O)C[C@@H]1C(C)C. The van der Waals surface area contributed by atoms with Crippen LogP contribution < -0.4 is 5.73 Å². The third kappa shape index (κ3) is 2.76. The Morgan fingerprint density at radius 3 is 2.44 bits per heavy atom. The summed E-state index contributed by atoms with van der Waals surface area (Å²) in [5.74, 6) is 1.23. The van der Waals surface area contributed by atoms with Crippen molar-refractivity contribution in [3.8, 4) is 0 Å². The van der Waals surface area contributed by atoms with Gasteiger partial charge in [-0.15, -0.1) is 0 Å². The molecule has 3 atom stereocenters. The van der Waals surface area contributed by atoms with Crippen molar-refractivity contribution < 1.29 is 9.90 Å². The number of hydrogen-bond acceptors (Lipinski definition) is 2. The first-order valence-electron chi connectivity index (χ1n) is 6.36. The van der Waals surface area contributed by atoms with Crippen LogP contribution in [0.25, 0.3) is 0 Å². The van der Waals surface area contributed by atoms with Crippen LogP contribution in [-0.4, -0.2) is 17.6 Å². The lowest BCUT2D eigenvalue weighted by Gasteiger charge is -2.26. The molecule has 1 fully saturated rings. The second kappa shape index (κ2) is 5.17. The second-order valence-electron chi connectivity index (χ2n) is 5.76. The van der Waals surface area contributed by atoms with Crippen molar-refractivity contribution in [2.24, 2.45) is 28.9 Å². The molecule has 0 amide bonds. The summed E-state index contributed by atoms with van der Waals surface area (Å²) in [6.07, 6.45) is 3.37. The average Bonchev–Trinajstić information content (AvgIpc) is 2.57. The molecule has 0 radical (unpaired) electrons. The zero-order valence-electron chi connectivity index (χ0n) is 10.7. The molecule has 1 saturated carbocycles. The molecule has 0 aromatic rings. The van der Waals surface area contributed by atoms with E-state index in [0.717, 1.165) is 19.3 Å². The van der Waals surface area contributed by atoms with E-state index in [-0.39, 0.29) is 11.8 Å². The minimum Gasteiger partial charge on any atom is -0.481 e. The van der Waals surface area contributed by atoms with E-state index >= 15 is 0 Å². The normalized spacial score (nSPS) is 34.6. The van der Waals surface area contributed by atoms with E-state index in [4.69, 9.17) is 10.8 Å². The predicted octanol–water partition coefficient (Wildman–Crippen LogP) is 2.50. The Bertz CT molecular complexity index is 252. The molecule has 0 aliphatic heterocycles. The third-order valence-corrected chi connectivity index (χ3v) is 4.31. The molecule has 0 heterocycles. The second-order valence-corrected chi connectivity index (χ2v) is 5.76. The van der Waals surface area contributed by atoms with E-state index in [1.807, 2.05) is 0 Å². The van der Waals surface area contributed by atoms with Gasteiger partial charge in [0.1, 0.15) is 0 Å². The Kier molecular flexibility index (Phi) is 4.36. The van der Waals surface area contributed by atoms with Crippen LogP contribution in [0, 0.1) is 23.2 Å². The van der Waals surface area contributed by atoms with Crippen LogP contribution in [0.4, 0.5) is 0 Å². The maximum absolute atomic E-state index is 10.9. The van der Waals surface area contributed by atoms with Gasteiger partial charge in [-0.25, -0.2) is 0 Å². The Morgan fingerprint density at radius 2 is 2.12 bits per heavy atom. The fourth-order valence-corrected chi connectivity index (χ4v) is 3.39. The smallest absolute Gasteiger partial charge is 0.303 e. The van der Waals surface area contributed by atoms with Crippen molar-refractivity contribution in [3.63, 3.8) is 0 Å². The van der Waals surface area contributed by atoms with Gasteiger partial charge in [0.15, 0.2) is 0 Å². The molecule has 3 heteroatoms. The fourth-order valence-electron chi connectivity index (χ4n) is 3.39. The number of carboxylic acid groups (broad SMARTS) is 1. The van der Waals surface area contributed by atoms with Crippen LogP contribution in [0.3, 0.4) is 0 Å². The van der Waals surface area contributed by atoms with Crippen molar-refractivity contribution >= 4 is 5.97 Å². The molecule has 0 unspecified atom stereocenters. The van der Waals surface area contributed by atoms with Gasteiger partial charge in [-0.2, -0.15) is 0 Å². The van der Waals surface area contributed by atoms with Crippen molar-refractivity contribution in [2.45, 2.75) is 46.5 Å². The maximum atomic E-state index is 10.9.